The molecule has 1 aliphatic heterocycles. The molecule has 1 fully saturated rings. The number of carboxylic acids is 1. The molecule has 19 heavy (non-hydrogen) atoms. The lowest BCUT2D eigenvalue weighted by Gasteiger charge is -2.36. The van der Waals surface area contributed by atoms with E-state index in [9.17, 15) is 4.79 Å². The topological polar surface area (TPSA) is 40.5 Å². The molecule has 0 aliphatic carbocycles. The maximum Gasteiger partial charge on any atom is 0.307 e. The van der Waals surface area contributed by atoms with Gasteiger partial charge in [-0.1, -0.05) is 28.1 Å². The Balaban J connectivity index is 2.07. The zero-order chi connectivity index (χ0) is 14.0. The van der Waals surface area contributed by atoms with E-state index in [1.54, 1.807) is 0 Å². The molecule has 0 amide bonds. The van der Waals surface area contributed by atoms with Gasteiger partial charge in [-0.25, -0.2) is 0 Å². The summed E-state index contributed by atoms with van der Waals surface area (Å²) < 4.78 is 1.12. The smallest absolute Gasteiger partial charge is 0.307 e. The molecule has 1 N–H and O–H groups in total. The number of aryl methyl sites for hydroxylation is 1. The van der Waals surface area contributed by atoms with E-state index in [0.717, 1.165) is 23.9 Å². The van der Waals surface area contributed by atoms with Gasteiger partial charge in [0, 0.05) is 23.6 Å². The van der Waals surface area contributed by atoms with Crippen LogP contribution in [0.2, 0.25) is 0 Å². The Labute approximate surface area is 122 Å². The Morgan fingerprint density at radius 2 is 2.21 bits per heavy atom. The van der Waals surface area contributed by atoms with Crippen molar-refractivity contribution in [1.82, 2.24) is 4.90 Å². The van der Waals surface area contributed by atoms with Gasteiger partial charge in [-0.15, -0.1) is 0 Å². The lowest BCUT2D eigenvalue weighted by atomic mass is 9.93. The lowest BCUT2D eigenvalue weighted by molar-refractivity contribution is -0.144. The van der Waals surface area contributed by atoms with E-state index in [1.807, 2.05) is 0 Å². The van der Waals surface area contributed by atoms with E-state index < -0.39 is 5.97 Å². The van der Waals surface area contributed by atoms with Gasteiger partial charge in [-0.3, -0.25) is 9.69 Å². The van der Waals surface area contributed by atoms with Crippen LogP contribution in [-0.4, -0.2) is 28.6 Å². The number of carbonyl (C=O) groups is 1. The first-order valence-electron chi connectivity index (χ1n) is 6.69. The number of aliphatic carboxylic acids is 1. The SMILES string of the molecule is Cc1ccc(CN2CC(C(=O)O)CCC2C)cc1Br. The predicted octanol–water partition coefficient (Wildman–Crippen LogP) is 3.44. The molecule has 2 atom stereocenters. The molecule has 3 nitrogen and oxygen atoms in total. The first-order valence-corrected chi connectivity index (χ1v) is 7.48. The van der Waals surface area contributed by atoms with Gasteiger partial charge in [-0.05, 0) is 43.9 Å². The van der Waals surface area contributed by atoms with Crippen molar-refractivity contribution in [1.29, 1.82) is 0 Å². The second kappa shape index (κ2) is 6.06. The largest absolute Gasteiger partial charge is 0.481 e. The highest BCUT2D eigenvalue weighted by molar-refractivity contribution is 9.10. The van der Waals surface area contributed by atoms with E-state index in [-0.39, 0.29) is 5.92 Å². The summed E-state index contributed by atoms with van der Waals surface area (Å²) in [6.07, 6.45) is 1.76. The fourth-order valence-corrected chi connectivity index (χ4v) is 3.00. The number of hydrogen-bond acceptors (Lipinski definition) is 2. The Morgan fingerprint density at radius 1 is 1.47 bits per heavy atom. The molecule has 1 saturated heterocycles. The van der Waals surface area contributed by atoms with E-state index in [2.05, 4.69) is 52.9 Å². The molecule has 4 heteroatoms. The van der Waals surface area contributed by atoms with Crippen LogP contribution in [0.3, 0.4) is 0 Å². The predicted molar refractivity (Wildman–Crippen MR) is 79.1 cm³/mol. The monoisotopic (exact) mass is 325 g/mol. The van der Waals surface area contributed by atoms with Gasteiger partial charge in [0.2, 0.25) is 0 Å². The Bertz CT molecular complexity index is 475. The molecule has 104 valence electrons. The summed E-state index contributed by atoms with van der Waals surface area (Å²) in [5, 5.41) is 9.15. The second-order valence-corrected chi connectivity index (χ2v) is 6.33. The van der Waals surface area contributed by atoms with Crippen LogP contribution < -0.4 is 0 Å². The van der Waals surface area contributed by atoms with Gasteiger partial charge in [0.25, 0.3) is 0 Å². The molecule has 1 aromatic rings. The molecule has 0 aromatic heterocycles. The summed E-state index contributed by atoms with van der Waals surface area (Å²) in [5.41, 5.74) is 2.45. The highest BCUT2D eigenvalue weighted by atomic mass is 79.9. The average Bonchev–Trinajstić information content (AvgIpc) is 2.36. The number of rotatable bonds is 3. The van der Waals surface area contributed by atoms with Crippen molar-refractivity contribution in [3.8, 4) is 0 Å². The fraction of sp³-hybridized carbons (Fsp3) is 0.533. The standard InChI is InChI=1S/C15H20BrNO2/c1-10-3-5-12(7-14(10)16)8-17-9-13(15(18)19)6-4-11(17)2/h3,5,7,11,13H,4,6,8-9H2,1-2H3,(H,18,19). The van der Waals surface area contributed by atoms with Crippen molar-refractivity contribution in [2.24, 2.45) is 5.92 Å². The van der Waals surface area contributed by atoms with Crippen LogP contribution in [-0.2, 0) is 11.3 Å². The van der Waals surface area contributed by atoms with Crippen molar-refractivity contribution in [2.45, 2.75) is 39.3 Å². The second-order valence-electron chi connectivity index (χ2n) is 5.47. The molecular formula is C15H20BrNO2. The zero-order valence-electron chi connectivity index (χ0n) is 11.4. The average molecular weight is 326 g/mol. The van der Waals surface area contributed by atoms with Gasteiger partial charge < -0.3 is 5.11 Å². The molecule has 0 bridgehead atoms. The highest BCUT2D eigenvalue weighted by Crippen LogP contribution is 2.25. The third kappa shape index (κ3) is 3.57. The molecule has 0 radical (unpaired) electrons. The Kier molecular flexibility index (Phi) is 4.63. The van der Waals surface area contributed by atoms with Gasteiger partial charge in [-0.2, -0.15) is 0 Å². The molecule has 1 aliphatic rings. The molecule has 1 aromatic carbocycles. The third-order valence-corrected chi connectivity index (χ3v) is 4.84. The molecule has 2 unspecified atom stereocenters. The molecule has 2 rings (SSSR count). The number of likely N-dealkylation sites (tertiary alicyclic amines) is 1. The van der Waals surface area contributed by atoms with Crippen LogP contribution in [0.15, 0.2) is 22.7 Å². The van der Waals surface area contributed by atoms with Crippen LogP contribution in [0.4, 0.5) is 0 Å². The molecular weight excluding hydrogens is 306 g/mol. The van der Waals surface area contributed by atoms with E-state index in [4.69, 9.17) is 5.11 Å². The minimum absolute atomic E-state index is 0.218. The van der Waals surface area contributed by atoms with Crippen LogP contribution in [0.1, 0.15) is 30.9 Å². The number of halogens is 1. The maximum atomic E-state index is 11.1. The van der Waals surface area contributed by atoms with Gasteiger partial charge in [0.15, 0.2) is 0 Å². The molecule has 0 saturated carbocycles. The minimum atomic E-state index is -0.665. The van der Waals surface area contributed by atoms with Crippen molar-refractivity contribution >= 4 is 21.9 Å². The number of hydrogen-bond donors (Lipinski definition) is 1. The first-order chi connectivity index (χ1) is 8.97. The van der Waals surface area contributed by atoms with Crippen molar-refractivity contribution in [3.63, 3.8) is 0 Å². The Hall–Kier alpha value is -0.870. The maximum absolute atomic E-state index is 11.1. The van der Waals surface area contributed by atoms with Crippen molar-refractivity contribution < 1.29 is 9.90 Å². The highest BCUT2D eigenvalue weighted by Gasteiger charge is 2.29. The first kappa shape index (κ1) is 14.5. The van der Waals surface area contributed by atoms with E-state index in [0.29, 0.717) is 12.6 Å². The Morgan fingerprint density at radius 3 is 2.84 bits per heavy atom. The third-order valence-electron chi connectivity index (χ3n) is 3.98. The number of benzene rings is 1. The van der Waals surface area contributed by atoms with Crippen molar-refractivity contribution in [2.75, 3.05) is 6.54 Å². The summed E-state index contributed by atoms with van der Waals surface area (Å²) in [7, 11) is 0. The lowest BCUT2D eigenvalue weighted by Crippen LogP contribution is -2.43. The fourth-order valence-electron chi connectivity index (χ4n) is 2.57. The van der Waals surface area contributed by atoms with Crippen LogP contribution in [0.25, 0.3) is 0 Å². The quantitative estimate of drug-likeness (QED) is 0.925. The van der Waals surface area contributed by atoms with Gasteiger partial charge in [0.05, 0.1) is 5.92 Å². The zero-order valence-corrected chi connectivity index (χ0v) is 13.0. The van der Waals surface area contributed by atoms with Crippen LogP contribution in [0.5, 0.6) is 0 Å². The molecule has 0 spiro atoms. The van der Waals surface area contributed by atoms with E-state index >= 15 is 0 Å². The number of carboxylic acid groups (broad SMARTS) is 1. The molecule has 1 heterocycles. The van der Waals surface area contributed by atoms with Gasteiger partial charge in [0.1, 0.15) is 0 Å². The summed E-state index contributed by atoms with van der Waals surface area (Å²) in [6.45, 7) is 5.73. The number of piperidine rings is 1. The van der Waals surface area contributed by atoms with Crippen molar-refractivity contribution in [3.05, 3.63) is 33.8 Å². The van der Waals surface area contributed by atoms with E-state index in [1.165, 1.54) is 11.1 Å². The van der Waals surface area contributed by atoms with Gasteiger partial charge >= 0.3 is 5.97 Å². The summed E-state index contributed by atoms with van der Waals surface area (Å²) in [5.74, 6) is -0.882. The minimum Gasteiger partial charge on any atom is -0.481 e. The number of nitrogens with zero attached hydrogens (tertiary/aromatic N) is 1. The summed E-state index contributed by atoms with van der Waals surface area (Å²) in [4.78, 5) is 13.4. The summed E-state index contributed by atoms with van der Waals surface area (Å²) in [6, 6.07) is 6.81. The van der Waals surface area contributed by atoms with Crippen LogP contribution in [0, 0.1) is 12.8 Å². The van der Waals surface area contributed by atoms with Crippen LogP contribution >= 0.6 is 15.9 Å². The summed E-state index contributed by atoms with van der Waals surface area (Å²) >= 11 is 3.55. The normalized spacial score (nSPS) is 24.4.